The van der Waals surface area contributed by atoms with Gasteiger partial charge < -0.3 is 5.11 Å². The molecule has 0 saturated carbocycles. The van der Waals surface area contributed by atoms with E-state index < -0.39 is 6.10 Å². The number of hydrogen-bond donors (Lipinski definition) is 1. The molecule has 1 N–H and O–H groups in total. The average molecular weight is 198 g/mol. The van der Waals surface area contributed by atoms with E-state index in [2.05, 4.69) is 10.2 Å². The van der Waals surface area contributed by atoms with E-state index in [9.17, 15) is 4.79 Å². The van der Waals surface area contributed by atoms with Crippen LogP contribution in [0.2, 0.25) is 0 Å². The zero-order valence-electron chi connectivity index (χ0n) is 7.62. The van der Waals surface area contributed by atoms with Crippen molar-refractivity contribution in [2.75, 3.05) is 13.2 Å². The Hall–Kier alpha value is -1.47. The number of carbonyl (C=O) groups is 1. The molecule has 0 radical (unpaired) electrons. The van der Waals surface area contributed by atoms with Crippen molar-refractivity contribution in [2.24, 2.45) is 7.05 Å². The lowest BCUT2D eigenvalue weighted by molar-refractivity contribution is -0.0783. The molecule has 0 bridgehead atoms. The van der Waals surface area contributed by atoms with E-state index in [0.29, 0.717) is 0 Å². The fraction of sp³-hybridized carbons (Fsp3) is 0.571. The summed E-state index contributed by atoms with van der Waals surface area (Å²) in [6, 6.07) is 0. The van der Waals surface area contributed by atoms with Gasteiger partial charge in [0.05, 0.1) is 12.7 Å². The van der Waals surface area contributed by atoms with Crippen LogP contribution in [0.5, 0.6) is 0 Å². The standard InChI is InChI=1S/C7H10N4O3/c1-10-8-2-6(9-10)7(13)11-3-5(12)4-14-11/h2,5,12H,3-4H2,1H3/t5-/m1/s1. The van der Waals surface area contributed by atoms with Gasteiger partial charge in [-0.2, -0.15) is 9.90 Å². The third-order valence-corrected chi connectivity index (χ3v) is 1.84. The molecule has 0 aliphatic carbocycles. The molecular formula is C7H10N4O3. The van der Waals surface area contributed by atoms with Crippen LogP contribution in [0.15, 0.2) is 6.20 Å². The summed E-state index contributed by atoms with van der Waals surface area (Å²) in [5.74, 6) is -0.380. The van der Waals surface area contributed by atoms with Crippen LogP contribution in [0.3, 0.4) is 0 Å². The lowest BCUT2D eigenvalue weighted by Crippen LogP contribution is -2.28. The fourth-order valence-electron chi connectivity index (χ4n) is 1.19. The molecule has 1 aliphatic heterocycles. The highest BCUT2D eigenvalue weighted by molar-refractivity contribution is 5.91. The molecule has 1 aromatic heterocycles. The highest BCUT2D eigenvalue weighted by Crippen LogP contribution is 2.09. The minimum absolute atomic E-state index is 0.145. The van der Waals surface area contributed by atoms with Crippen molar-refractivity contribution >= 4 is 5.91 Å². The Morgan fingerprint density at radius 1 is 1.79 bits per heavy atom. The lowest BCUT2D eigenvalue weighted by atomic mass is 10.4. The smallest absolute Gasteiger partial charge is 0.299 e. The van der Waals surface area contributed by atoms with Gasteiger partial charge in [0.1, 0.15) is 12.7 Å². The second-order valence-corrected chi connectivity index (χ2v) is 3.04. The number of aliphatic hydroxyl groups is 1. The van der Waals surface area contributed by atoms with E-state index in [1.165, 1.54) is 11.0 Å². The van der Waals surface area contributed by atoms with Crippen molar-refractivity contribution in [3.8, 4) is 0 Å². The SMILES string of the molecule is Cn1ncc(C(=O)N2C[C@@H](O)CO2)n1. The quantitative estimate of drug-likeness (QED) is 0.598. The van der Waals surface area contributed by atoms with Crippen LogP contribution in [0.25, 0.3) is 0 Å². The van der Waals surface area contributed by atoms with E-state index in [1.54, 1.807) is 7.05 Å². The second-order valence-electron chi connectivity index (χ2n) is 3.04. The highest BCUT2D eigenvalue weighted by Gasteiger charge is 2.28. The Balaban J connectivity index is 2.09. The van der Waals surface area contributed by atoms with E-state index in [0.717, 1.165) is 5.06 Å². The van der Waals surface area contributed by atoms with Crippen molar-refractivity contribution in [3.63, 3.8) is 0 Å². The Kier molecular flexibility index (Phi) is 2.18. The first-order valence-electron chi connectivity index (χ1n) is 4.16. The molecule has 0 spiro atoms. The van der Waals surface area contributed by atoms with Gasteiger partial charge in [0.15, 0.2) is 5.69 Å². The molecule has 2 rings (SSSR count). The van der Waals surface area contributed by atoms with E-state index >= 15 is 0 Å². The summed E-state index contributed by atoms with van der Waals surface area (Å²) in [5, 5.41) is 17.8. The summed E-state index contributed by atoms with van der Waals surface area (Å²) in [6.07, 6.45) is 0.742. The molecule has 1 amide bonds. The van der Waals surface area contributed by atoms with Gasteiger partial charge in [0, 0.05) is 7.05 Å². The number of nitrogens with zero attached hydrogens (tertiary/aromatic N) is 4. The number of hydroxylamine groups is 2. The van der Waals surface area contributed by atoms with Crippen LogP contribution >= 0.6 is 0 Å². The number of β-amino-alcohol motifs (C(OH)–C–C–N with tert-alkyl or cyclic N) is 1. The van der Waals surface area contributed by atoms with Gasteiger partial charge in [-0.3, -0.25) is 9.63 Å². The van der Waals surface area contributed by atoms with Crippen LogP contribution < -0.4 is 0 Å². The molecule has 7 nitrogen and oxygen atoms in total. The van der Waals surface area contributed by atoms with Crippen LogP contribution in [-0.2, 0) is 11.9 Å². The van der Waals surface area contributed by atoms with Gasteiger partial charge in [0.25, 0.3) is 5.91 Å². The van der Waals surface area contributed by atoms with Gasteiger partial charge in [-0.05, 0) is 0 Å². The molecule has 1 aliphatic rings. The minimum Gasteiger partial charge on any atom is -0.389 e. The third kappa shape index (κ3) is 1.59. The maximum atomic E-state index is 11.6. The Bertz CT molecular complexity index is 350. The van der Waals surface area contributed by atoms with E-state index in [-0.39, 0.29) is 24.8 Å². The first-order valence-corrected chi connectivity index (χ1v) is 4.16. The molecule has 76 valence electrons. The number of hydrogen-bond acceptors (Lipinski definition) is 5. The average Bonchev–Trinajstić information content (AvgIpc) is 2.73. The summed E-state index contributed by atoms with van der Waals surface area (Å²) in [6.45, 7) is 0.321. The van der Waals surface area contributed by atoms with Crippen LogP contribution in [0, 0.1) is 0 Å². The summed E-state index contributed by atoms with van der Waals surface area (Å²) in [5.41, 5.74) is 0.210. The minimum atomic E-state index is -0.615. The van der Waals surface area contributed by atoms with Crippen molar-refractivity contribution < 1.29 is 14.7 Å². The number of aryl methyl sites for hydroxylation is 1. The summed E-state index contributed by atoms with van der Waals surface area (Å²) >= 11 is 0. The van der Waals surface area contributed by atoms with Crippen LogP contribution in [0.1, 0.15) is 10.5 Å². The van der Waals surface area contributed by atoms with E-state index in [1.807, 2.05) is 0 Å². The number of carbonyl (C=O) groups excluding carboxylic acids is 1. The third-order valence-electron chi connectivity index (χ3n) is 1.84. The largest absolute Gasteiger partial charge is 0.389 e. The molecule has 1 atom stereocenters. The number of rotatable bonds is 1. The zero-order valence-corrected chi connectivity index (χ0v) is 7.62. The topological polar surface area (TPSA) is 80.5 Å². The van der Waals surface area contributed by atoms with Gasteiger partial charge in [-0.1, -0.05) is 0 Å². The zero-order chi connectivity index (χ0) is 10.1. The van der Waals surface area contributed by atoms with Crippen molar-refractivity contribution in [1.29, 1.82) is 0 Å². The summed E-state index contributed by atoms with van der Waals surface area (Å²) in [4.78, 5) is 17.8. The molecule has 14 heavy (non-hydrogen) atoms. The van der Waals surface area contributed by atoms with E-state index in [4.69, 9.17) is 9.94 Å². The molecule has 2 heterocycles. The van der Waals surface area contributed by atoms with Crippen LogP contribution in [-0.4, -0.2) is 50.3 Å². The summed E-state index contributed by atoms with van der Waals surface area (Å²) < 4.78 is 0. The number of aliphatic hydroxyl groups excluding tert-OH is 1. The van der Waals surface area contributed by atoms with Crippen LogP contribution in [0.4, 0.5) is 0 Å². The second kappa shape index (κ2) is 3.35. The van der Waals surface area contributed by atoms with Gasteiger partial charge in [-0.25, -0.2) is 5.06 Å². The van der Waals surface area contributed by atoms with Gasteiger partial charge in [-0.15, -0.1) is 5.10 Å². The maximum absolute atomic E-state index is 11.6. The molecule has 1 fully saturated rings. The predicted octanol–water partition coefficient (Wildman–Crippen LogP) is -1.44. The Morgan fingerprint density at radius 2 is 2.57 bits per heavy atom. The Morgan fingerprint density at radius 3 is 3.07 bits per heavy atom. The van der Waals surface area contributed by atoms with Gasteiger partial charge >= 0.3 is 0 Å². The van der Waals surface area contributed by atoms with Crippen molar-refractivity contribution in [2.45, 2.75) is 6.10 Å². The highest BCUT2D eigenvalue weighted by atomic mass is 16.7. The monoisotopic (exact) mass is 198 g/mol. The first-order chi connectivity index (χ1) is 6.66. The molecule has 1 saturated heterocycles. The molecular weight excluding hydrogens is 188 g/mol. The normalized spacial score (nSPS) is 21.6. The fourth-order valence-corrected chi connectivity index (χ4v) is 1.19. The van der Waals surface area contributed by atoms with Crippen molar-refractivity contribution in [3.05, 3.63) is 11.9 Å². The Labute approximate surface area is 79.8 Å². The van der Waals surface area contributed by atoms with Gasteiger partial charge in [0.2, 0.25) is 0 Å². The molecule has 0 aromatic carbocycles. The van der Waals surface area contributed by atoms with Crippen molar-refractivity contribution in [1.82, 2.24) is 20.1 Å². The first kappa shape index (κ1) is 9.10. The number of aromatic nitrogens is 3. The maximum Gasteiger partial charge on any atom is 0.299 e. The molecule has 0 unspecified atom stereocenters. The predicted molar refractivity (Wildman–Crippen MR) is 44.0 cm³/mol. The molecule has 1 aromatic rings. The lowest BCUT2D eigenvalue weighted by Gasteiger charge is -2.10. The molecule has 7 heteroatoms. The number of amides is 1. The summed E-state index contributed by atoms with van der Waals surface area (Å²) in [7, 11) is 1.62.